The number of pyridine rings is 2. The number of nitrogens with two attached hydrogens (primary N) is 1. The molecule has 1 aromatic carbocycles. The Morgan fingerprint density at radius 3 is 2.80 bits per heavy atom. The first-order valence-electron chi connectivity index (χ1n) is 13.4. The van der Waals surface area contributed by atoms with Crippen LogP contribution in [-0.4, -0.2) is 60.5 Å². The summed E-state index contributed by atoms with van der Waals surface area (Å²) in [6.07, 6.45) is 4.72. The number of β-amino-alcohol motifs (C(OH)–C–C–N with tert-alkyl or cyclic N) is 1. The second-order valence-electron chi connectivity index (χ2n) is 9.88. The van der Waals surface area contributed by atoms with Crippen molar-refractivity contribution in [2.45, 2.75) is 31.8 Å². The number of rotatable bonds is 6. The van der Waals surface area contributed by atoms with Crippen LogP contribution in [0.5, 0.6) is 5.75 Å². The highest BCUT2D eigenvalue weighted by Gasteiger charge is 2.23. The first kappa shape index (κ1) is 27.4. The number of nitrogens with one attached hydrogen (secondary N) is 1. The van der Waals surface area contributed by atoms with Crippen LogP contribution in [0.15, 0.2) is 42.6 Å². The maximum atomic E-state index is 14.9. The van der Waals surface area contributed by atoms with E-state index in [1.54, 1.807) is 18.3 Å². The lowest BCUT2D eigenvalue weighted by Crippen LogP contribution is -2.38. The van der Waals surface area contributed by atoms with Gasteiger partial charge >= 0.3 is 0 Å². The number of carbonyl (C=O) groups is 1. The lowest BCUT2D eigenvalue weighted by atomic mass is 10.0. The van der Waals surface area contributed by atoms with Crippen molar-refractivity contribution in [2.24, 2.45) is 11.7 Å². The summed E-state index contributed by atoms with van der Waals surface area (Å²) in [5, 5.41) is 13.5. The van der Waals surface area contributed by atoms with Gasteiger partial charge < -0.3 is 30.5 Å². The maximum absolute atomic E-state index is 14.9. The fourth-order valence-corrected chi connectivity index (χ4v) is 5.02. The summed E-state index contributed by atoms with van der Waals surface area (Å²) < 4.78 is 25.7. The highest BCUT2D eigenvalue weighted by atomic mass is 19.1. The molecule has 10 heteroatoms. The minimum absolute atomic E-state index is 0.0390. The van der Waals surface area contributed by atoms with E-state index in [2.05, 4.69) is 32.0 Å². The maximum Gasteiger partial charge on any atom is 0.250 e. The third kappa shape index (κ3) is 6.17. The van der Waals surface area contributed by atoms with Gasteiger partial charge in [0.25, 0.3) is 5.91 Å². The number of ether oxygens (including phenoxy) is 2. The van der Waals surface area contributed by atoms with Crippen LogP contribution in [0.1, 0.15) is 41.6 Å². The summed E-state index contributed by atoms with van der Waals surface area (Å²) in [4.78, 5) is 23.4. The molecule has 5 rings (SSSR count). The fraction of sp³-hybridized carbons (Fsp3) is 0.367. The van der Waals surface area contributed by atoms with Crippen molar-refractivity contribution >= 4 is 23.2 Å². The Morgan fingerprint density at radius 2 is 2.05 bits per heavy atom. The number of aliphatic hydroxyl groups excluding tert-OH is 1. The Kier molecular flexibility index (Phi) is 8.43. The molecule has 40 heavy (non-hydrogen) atoms. The average molecular weight is 546 g/mol. The SMILES string of the molecule is COc1cccc(F)c1-c1nc(Nc2cc(N3CCC[C@H](O)C3)c(C#CC3CCOCC3)cn2)ccc1C(N)=O. The van der Waals surface area contributed by atoms with Crippen molar-refractivity contribution in [1.82, 2.24) is 9.97 Å². The van der Waals surface area contributed by atoms with Crippen LogP contribution in [-0.2, 0) is 4.74 Å². The van der Waals surface area contributed by atoms with Gasteiger partial charge in [-0.25, -0.2) is 14.4 Å². The van der Waals surface area contributed by atoms with E-state index in [9.17, 15) is 14.3 Å². The summed E-state index contributed by atoms with van der Waals surface area (Å²) >= 11 is 0. The summed E-state index contributed by atoms with van der Waals surface area (Å²) in [5.41, 5.74) is 7.39. The first-order valence-corrected chi connectivity index (χ1v) is 13.4. The molecule has 2 saturated heterocycles. The molecule has 0 spiro atoms. The summed E-state index contributed by atoms with van der Waals surface area (Å²) in [5.74, 6) is 6.67. The van der Waals surface area contributed by atoms with E-state index in [1.807, 2.05) is 6.07 Å². The Morgan fingerprint density at radius 1 is 1.23 bits per heavy atom. The van der Waals surface area contributed by atoms with E-state index in [1.165, 1.54) is 25.3 Å². The highest BCUT2D eigenvalue weighted by molar-refractivity contribution is 6.00. The Hall–Kier alpha value is -4.20. The zero-order valence-electron chi connectivity index (χ0n) is 22.3. The topological polar surface area (TPSA) is 123 Å². The molecule has 2 aliphatic rings. The molecular formula is C30H32FN5O4. The number of hydrogen-bond donors (Lipinski definition) is 3. The zero-order valence-corrected chi connectivity index (χ0v) is 22.3. The molecule has 4 N–H and O–H groups in total. The van der Waals surface area contributed by atoms with E-state index >= 15 is 0 Å². The van der Waals surface area contributed by atoms with Gasteiger partial charge in [-0.3, -0.25) is 4.79 Å². The van der Waals surface area contributed by atoms with Crippen molar-refractivity contribution in [3.05, 3.63) is 59.5 Å². The number of aliphatic hydroxyl groups is 1. The molecule has 0 radical (unpaired) electrons. The third-order valence-corrected chi connectivity index (χ3v) is 7.10. The van der Waals surface area contributed by atoms with Crippen LogP contribution in [0.4, 0.5) is 21.7 Å². The number of aromatic nitrogens is 2. The smallest absolute Gasteiger partial charge is 0.250 e. The normalized spacial score (nSPS) is 17.6. The Balaban J connectivity index is 1.50. The molecule has 2 aromatic heterocycles. The molecule has 0 saturated carbocycles. The van der Waals surface area contributed by atoms with Gasteiger partial charge in [-0.2, -0.15) is 0 Å². The van der Waals surface area contributed by atoms with Crippen LogP contribution >= 0.6 is 0 Å². The number of hydrogen-bond acceptors (Lipinski definition) is 8. The van der Waals surface area contributed by atoms with Crippen molar-refractivity contribution in [1.29, 1.82) is 0 Å². The zero-order chi connectivity index (χ0) is 28.1. The fourth-order valence-electron chi connectivity index (χ4n) is 5.02. The standard InChI is InChI=1S/C30H32FN5O4/c1-39-25-6-2-5-23(31)28(25)29-22(30(32)38)9-10-26(35-29)34-27-16-24(36-13-3-4-21(37)18-36)20(17-33-27)8-7-19-11-14-40-15-12-19/h2,5-6,9-10,16-17,19,21,37H,3-4,11-15,18H2,1H3,(H2,32,38)(H,33,34,35)/t21-/m0/s1. The lowest BCUT2D eigenvalue weighted by molar-refractivity contribution is 0.0807. The van der Waals surface area contributed by atoms with Crippen LogP contribution in [0, 0.1) is 23.6 Å². The average Bonchev–Trinajstić information content (AvgIpc) is 2.96. The van der Waals surface area contributed by atoms with Gasteiger partial charge in [0, 0.05) is 44.5 Å². The van der Waals surface area contributed by atoms with Crippen molar-refractivity contribution < 1.29 is 23.8 Å². The van der Waals surface area contributed by atoms with Crippen LogP contribution in [0.2, 0.25) is 0 Å². The van der Waals surface area contributed by atoms with Crippen molar-refractivity contribution in [3.8, 4) is 28.8 Å². The van der Waals surface area contributed by atoms with Gasteiger partial charge in [0.05, 0.1) is 41.3 Å². The molecule has 2 aliphatic heterocycles. The number of anilines is 3. The van der Waals surface area contributed by atoms with Crippen LogP contribution in [0.3, 0.4) is 0 Å². The lowest BCUT2D eigenvalue weighted by Gasteiger charge is -2.32. The van der Waals surface area contributed by atoms with Crippen LogP contribution < -0.4 is 20.7 Å². The molecule has 208 valence electrons. The first-order chi connectivity index (χ1) is 19.4. The van der Waals surface area contributed by atoms with Crippen molar-refractivity contribution in [3.63, 3.8) is 0 Å². The minimum atomic E-state index is -0.740. The van der Waals surface area contributed by atoms with E-state index in [0.29, 0.717) is 31.4 Å². The van der Waals surface area contributed by atoms with E-state index in [0.717, 1.165) is 43.5 Å². The summed E-state index contributed by atoms with van der Waals surface area (Å²) in [6, 6.07) is 9.33. The number of carbonyl (C=O) groups excluding carboxylic acids is 1. The summed E-state index contributed by atoms with van der Waals surface area (Å²) in [6.45, 7) is 2.72. The largest absolute Gasteiger partial charge is 0.496 e. The number of piperidine rings is 1. The number of nitrogens with zero attached hydrogens (tertiary/aromatic N) is 3. The van der Waals surface area contributed by atoms with E-state index < -0.39 is 17.8 Å². The van der Waals surface area contributed by atoms with Gasteiger partial charge in [0.2, 0.25) is 0 Å². The predicted molar refractivity (Wildman–Crippen MR) is 150 cm³/mol. The van der Waals surface area contributed by atoms with Gasteiger partial charge in [-0.15, -0.1) is 0 Å². The van der Waals surface area contributed by atoms with E-state index in [-0.39, 0.29) is 28.5 Å². The second-order valence-corrected chi connectivity index (χ2v) is 9.88. The van der Waals surface area contributed by atoms with Crippen molar-refractivity contribution in [2.75, 3.05) is 43.6 Å². The number of halogens is 1. The van der Waals surface area contributed by atoms with Gasteiger partial charge in [0.15, 0.2) is 0 Å². The monoisotopic (exact) mass is 545 g/mol. The molecule has 0 unspecified atom stereocenters. The molecule has 3 aromatic rings. The molecular weight excluding hydrogens is 513 g/mol. The number of benzene rings is 1. The van der Waals surface area contributed by atoms with Gasteiger partial charge in [0.1, 0.15) is 23.2 Å². The van der Waals surface area contributed by atoms with Gasteiger partial charge in [-0.1, -0.05) is 17.9 Å². The van der Waals surface area contributed by atoms with Crippen LogP contribution in [0.25, 0.3) is 11.3 Å². The molecule has 9 nitrogen and oxygen atoms in total. The number of methoxy groups -OCH3 is 1. The predicted octanol–water partition coefficient (Wildman–Crippen LogP) is 3.87. The number of amides is 1. The Bertz CT molecular complexity index is 1450. The molecule has 4 heterocycles. The molecule has 1 amide bonds. The van der Waals surface area contributed by atoms with E-state index in [4.69, 9.17) is 15.2 Å². The minimum Gasteiger partial charge on any atom is -0.496 e. The number of primary amides is 1. The molecule has 0 bridgehead atoms. The Labute approximate surface area is 232 Å². The second kappa shape index (κ2) is 12.3. The third-order valence-electron chi connectivity index (χ3n) is 7.10. The highest BCUT2D eigenvalue weighted by Crippen LogP contribution is 2.35. The molecule has 2 fully saturated rings. The molecule has 1 atom stereocenters. The quantitative estimate of drug-likeness (QED) is 0.399. The molecule has 0 aliphatic carbocycles. The summed E-state index contributed by atoms with van der Waals surface area (Å²) in [7, 11) is 1.42. The van der Waals surface area contributed by atoms with Gasteiger partial charge in [-0.05, 0) is 49.9 Å².